The monoisotopic (exact) mass is 406 g/mol. The fraction of sp³-hybridized carbons (Fsp3) is 0.333. The molecule has 6 nitrogen and oxygen atoms in total. The van der Waals surface area contributed by atoms with Gasteiger partial charge in [-0.25, -0.2) is 0 Å². The van der Waals surface area contributed by atoms with Crippen molar-refractivity contribution in [1.29, 1.82) is 0 Å². The zero-order valence-corrected chi connectivity index (χ0v) is 17.5. The number of furan rings is 1. The molecule has 30 heavy (non-hydrogen) atoms. The molecule has 0 aliphatic carbocycles. The molecule has 0 bridgehead atoms. The first-order chi connectivity index (χ1) is 14.5. The number of carbonyl (C=O) groups excluding carboxylic acids is 2. The van der Waals surface area contributed by atoms with Crippen molar-refractivity contribution >= 4 is 28.5 Å². The quantitative estimate of drug-likeness (QED) is 0.697. The lowest BCUT2D eigenvalue weighted by atomic mass is 10.0. The molecule has 6 heteroatoms. The number of ether oxygens (including phenoxy) is 1. The largest absolute Gasteiger partial charge is 0.477 e. The van der Waals surface area contributed by atoms with E-state index >= 15 is 0 Å². The Morgan fingerprint density at radius 3 is 2.77 bits per heavy atom. The van der Waals surface area contributed by atoms with E-state index in [0.717, 1.165) is 34.1 Å². The smallest absolute Gasteiger partial charge is 0.262 e. The van der Waals surface area contributed by atoms with Crippen LogP contribution in [-0.4, -0.2) is 31.0 Å². The van der Waals surface area contributed by atoms with Crippen LogP contribution >= 0.6 is 0 Å². The number of carbonyl (C=O) groups is 2. The molecule has 2 aromatic carbocycles. The summed E-state index contributed by atoms with van der Waals surface area (Å²) in [6, 6.07) is 11.4. The number of nitrogens with zero attached hydrogens (tertiary/aromatic N) is 1. The van der Waals surface area contributed by atoms with Crippen molar-refractivity contribution in [2.45, 2.75) is 39.7 Å². The number of amides is 2. The molecule has 0 radical (unpaired) electrons. The number of benzene rings is 2. The van der Waals surface area contributed by atoms with Crippen molar-refractivity contribution in [1.82, 2.24) is 5.32 Å². The van der Waals surface area contributed by atoms with Gasteiger partial charge in [0.05, 0.1) is 24.9 Å². The molecule has 1 aliphatic rings. The van der Waals surface area contributed by atoms with Gasteiger partial charge in [0.2, 0.25) is 5.91 Å². The maximum Gasteiger partial charge on any atom is 0.262 e. The Morgan fingerprint density at radius 1 is 1.17 bits per heavy atom. The van der Waals surface area contributed by atoms with E-state index in [9.17, 15) is 9.59 Å². The highest BCUT2D eigenvalue weighted by Gasteiger charge is 2.33. The molecule has 1 aliphatic heterocycles. The van der Waals surface area contributed by atoms with Gasteiger partial charge < -0.3 is 19.4 Å². The van der Waals surface area contributed by atoms with Crippen molar-refractivity contribution in [2.24, 2.45) is 0 Å². The van der Waals surface area contributed by atoms with Crippen LogP contribution in [0.25, 0.3) is 11.0 Å². The van der Waals surface area contributed by atoms with Gasteiger partial charge in [-0.2, -0.15) is 0 Å². The van der Waals surface area contributed by atoms with Crippen LogP contribution in [0.15, 0.2) is 47.1 Å². The van der Waals surface area contributed by atoms with Gasteiger partial charge in [-0.1, -0.05) is 31.2 Å². The lowest BCUT2D eigenvalue weighted by Gasteiger charge is -2.34. The van der Waals surface area contributed by atoms with Gasteiger partial charge in [0.15, 0.2) is 6.10 Å². The Kier molecular flexibility index (Phi) is 5.48. The molecule has 0 saturated carbocycles. The molecule has 1 aromatic heterocycles. The van der Waals surface area contributed by atoms with E-state index in [2.05, 4.69) is 5.32 Å². The second kappa shape index (κ2) is 8.22. The number of para-hydroxylation sites is 2. The van der Waals surface area contributed by atoms with Gasteiger partial charge >= 0.3 is 0 Å². The highest BCUT2D eigenvalue weighted by atomic mass is 16.5. The van der Waals surface area contributed by atoms with Crippen LogP contribution in [-0.2, 0) is 16.0 Å². The van der Waals surface area contributed by atoms with Crippen molar-refractivity contribution < 1.29 is 18.7 Å². The Bertz CT molecular complexity index is 1100. The number of fused-ring (bicyclic) bond motifs is 2. The van der Waals surface area contributed by atoms with E-state index in [1.807, 2.05) is 51.1 Å². The summed E-state index contributed by atoms with van der Waals surface area (Å²) in [4.78, 5) is 27.5. The minimum absolute atomic E-state index is 0.0973. The van der Waals surface area contributed by atoms with E-state index < -0.39 is 6.10 Å². The summed E-state index contributed by atoms with van der Waals surface area (Å²) >= 11 is 0. The Labute approximate surface area is 175 Å². The second-order valence-corrected chi connectivity index (χ2v) is 7.69. The molecular weight excluding hydrogens is 380 g/mol. The van der Waals surface area contributed by atoms with Gasteiger partial charge in [-0.15, -0.1) is 0 Å². The maximum atomic E-state index is 13.3. The van der Waals surface area contributed by atoms with E-state index in [-0.39, 0.29) is 24.8 Å². The number of hydrogen-bond donors (Lipinski definition) is 1. The third kappa shape index (κ3) is 3.65. The summed E-state index contributed by atoms with van der Waals surface area (Å²) in [7, 11) is 0. The predicted octanol–water partition coefficient (Wildman–Crippen LogP) is 3.91. The van der Waals surface area contributed by atoms with Crippen LogP contribution in [0.5, 0.6) is 5.75 Å². The van der Waals surface area contributed by atoms with E-state index in [4.69, 9.17) is 9.15 Å². The fourth-order valence-corrected chi connectivity index (χ4v) is 3.75. The van der Waals surface area contributed by atoms with Crippen LogP contribution in [0.3, 0.4) is 0 Å². The number of aryl methyl sites for hydroxylation is 2. The third-order valence-electron chi connectivity index (χ3n) is 5.60. The zero-order valence-electron chi connectivity index (χ0n) is 17.5. The predicted molar refractivity (Wildman–Crippen MR) is 116 cm³/mol. The first-order valence-electron chi connectivity index (χ1n) is 10.3. The highest BCUT2D eigenvalue weighted by molar-refractivity contribution is 6.00. The van der Waals surface area contributed by atoms with Crippen molar-refractivity contribution in [3.05, 3.63) is 59.4 Å². The Morgan fingerprint density at radius 2 is 1.97 bits per heavy atom. The molecule has 0 saturated heterocycles. The average molecular weight is 406 g/mol. The minimum atomic E-state index is -0.735. The molecule has 1 atom stereocenters. The number of nitrogens with one attached hydrogen (secondary N) is 1. The molecule has 0 spiro atoms. The van der Waals surface area contributed by atoms with Gasteiger partial charge in [-0.05, 0) is 43.5 Å². The van der Waals surface area contributed by atoms with Gasteiger partial charge in [-0.3, -0.25) is 9.59 Å². The van der Waals surface area contributed by atoms with E-state index in [1.165, 1.54) is 0 Å². The van der Waals surface area contributed by atoms with Gasteiger partial charge in [0, 0.05) is 17.5 Å². The average Bonchev–Trinajstić information content (AvgIpc) is 3.16. The number of anilines is 1. The zero-order chi connectivity index (χ0) is 21.3. The van der Waals surface area contributed by atoms with Gasteiger partial charge in [0.25, 0.3) is 5.91 Å². The molecule has 156 valence electrons. The summed E-state index contributed by atoms with van der Waals surface area (Å²) in [5.74, 6) is 0.237. The van der Waals surface area contributed by atoms with E-state index in [0.29, 0.717) is 18.0 Å². The van der Waals surface area contributed by atoms with Crippen LogP contribution in [0.2, 0.25) is 0 Å². The summed E-state index contributed by atoms with van der Waals surface area (Å²) < 4.78 is 11.6. The maximum absolute atomic E-state index is 13.3. The summed E-state index contributed by atoms with van der Waals surface area (Å²) in [6.45, 7) is 6.81. The third-order valence-corrected chi connectivity index (χ3v) is 5.60. The van der Waals surface area contributed by atoms with Crippen molar-refractivity contribution in [3.63, 3.8) is 0 Å². The Hall–Kier alpha value is -3.28. The highest BCUT2D eigenvalue weighted by Crippen LogP contribution is 2.34. The summed E-state index contributed by atoms with van der Waals surface area (Å²) in [5.41, 5.74) is 4.57. The first-order valence-corrected chi connectivity index (χ1v) is 10.3. The SMILES string of the molecule is CCCNC(=O)[C@@H]1CN(C(=O)Cc2coc3c(C)c(C)ccc23)c2ccccc2O1. The molecule has 2 amide bonds. The van der Waals surface area contributed by atoms with Crippen LogP contribution in [0.1, 0.15) is 30.0 Å². The summed E-state index contributed by atoms with van der Waals surface area (Å²) in [5, 5.41) is 3.81. The second-order valence-electron chi connectivity index (χ2n) is 7.69. The first kappa shape index (κ1) is 20.0. The molecule has 0 unspecified atom stereocenters. The number of hydrogen-bond acceptors (Lipinski definition) is 4. The van der Waals surface area contributed by atoms with Crippen molar-refractivity contribution in [3.8, 4) is 5.75 Å². The van der Waals surface area contributed by atoms with Crippen LogP contribution < -0.4 is 15.0 Å². The lowest BCUT2D eigenvalue weighted by Crippen LogP contribution is -2.51. The van der Waals surface area contributed by atoms with E-state index in [1.54, 1.807) is 17.2 Å². The number of rotatable bonds is 5. The van der Waals surface area contributed by atoms with Crippen LogP contribution in [0.4, 0.5) is 5.69 Å². The normalized spacial score (nSPS) is 15.6. The Balaban J connectivity index is 1.61. The lowest BCUT2D eigenvalue weighted by molar-refractivity contribution is -0.128. The minimum Gasteiger partial charge on any atom is -0.477 e. The standard InChI is InChI=1S/C24H26N2O4/c1-4-11-25-24(28)21-13-26(19-7-5-6-8-20(19)30-21)22(27)12-17-14-29-23-16(3)15(2)9-10-18(17)23/h5-10,14,21H,4,11-13H2,1-3H3,(H,25,28)/t21-/m0/s1. The topological polar surface area (TPSA) is 71.8 Å². The molecule has 1 N–H and O–H groups in total. The molecule has 3 aromatic rings. The fourth-order valence-electron chi connectivity index (χ4n) is 3.75. The molecule has 4 rings (SSSR count). The molecular formula is C24H26N2O4. The molecule has 0 fully saturated rings. The summed E-state index contributed by atoms with van der Waals surface area (Å²) in [6.07, 6.45) is 1.95. The van der Waals surface area contributed by atoms with Gasteiger partial charge in [0.1, 0.15) is 11.3 Å². The van der Waals surface area contributed by atoms with Crippen molar-refractivity contribution in [2.75, 3.05) is 18.0 Å². The molecule has 2 heterocycles. The van der Waals surface area contributed by atoms with Crippen LogP contribution in [0, 0.1) is 13.8 Å².